The number of anilines is 1. The average molecular weight is 496 g/mol. The second kappa shape index (κ2) is 8.08. The van der Waals surface area contributed by atoms with Crippen molar-refractivity contribution in [1.29, 1.82) is 0 Å². The Hall–Kier alpha value is -3.93. The second-order valence-corrected chi connectivity index (χ2v) is 9.27. The van der Waals surface area contributed by atoms with E-state index in [0.717, 1.165) is 5.56 Å². The summed E-state index contributed by atoms with van der Waals surface area (Å²) in [5, 5.41) is 12.9. The highest BCUT2D eigenvalue weighted by atomic mass is 32.1. The normalized spacial score (nSPS) is 17.6. The highest BCUT2D eigenvalue weighted by Gasteiger charge is 2.36. The number of nitrogens with one attached hydrogen (secondary N) is 1. The number of nitrogens with zero attached hydrogens (tertiary/aromatic N) is 6. The first-order valence-corrected chi connectivity index (χ1v) is 11.7. The molecule has 0 bridgehead atoms. The first-order valence-electron chi connectivity index (χ1n) is 10.9. The fourth-order valence-electron chi connectivity index (χ4n) is 4.54. The van der Waals surface area contributed by atoms with Gasteiger partial charge in [-0.2, -0.15) is 5.10 Å². The van der Waals surface area contributed by atoms with Crippen LogP contribution >= 0.6 is 11.3 Å². The van der Waals surface area contributed by atoms with Crippen LogP contribution in [0.3, 0.4) is 0 Å². The molecular formula is C23H19F2N7O2S. The highest BCUT2D eigenvalue weighted by Crippen LogP contribution is 2.42. The fraction of sp³-hybridized carbons (Fsp3) is 0.261. The predicted molar refractivity (Wildman–Crippen MR) is 126 cm³/mol. The van der Waals surface area contributed by atoms with Crippen molar-refractivity contribution in [2.45, 2.75) is 31.9 Å². The van der Waals surface area contributed by atoms with Gasteiger partial charge in [0.05, 0.1) is 30.3 Å². The number of hydrogen-bond acceptors (Lipinski definition) is 8. The molecule has 5 aromatic rings. The number of carbonyl (C=O) groups excluding carboxylic acids is 1. The molecule has 0 fully saturated rings. The third kappa shape index (κ3) is 3.35. The van der Waals surface area contributed by atoms with E-state index in [2.05, 4.69) is 20.5 Å². The van der Waals surface area contributed by atoms with Crippen molar-refractivity contribution < 1.29 is 18.3 Å². The van der Waals surface area contributed by atoms with E-state index in [1.54, 1.807) is 0 Å². The van der Waals surface area contributed by atoms with Gasteiger partial charge in [0, 0.05) is 0 Å². The van der Waals surface area contributed by atoms with Gasteiger partial charge in [0.2, 0.25) is 0 Å². The quantitative estimate of drug-likeness (QED) is 0.362. The molecule has 0 aliphatic carbocycles. The van der Waals surface area contributed by atoms with Gasteiger partial charge < -0.3 is 10.1 Å². The van der Waals surface area contributed by atoms with Crippen LogP contribution in [0, 0.1) is 6.92 Å². The molecule has 35 heavy (non-hydrogen) atoms. The topological polar surface area (TPSA) is 99.2 Å². The van der Waals surface area contributed by atoms with Gasteiger partial charge >= 0.3 is 5.97 Å². The Morgan fingerprint density at radius 3 is 2.83 bits per heavy atom. The van der Waals surface area contributed by atoms with E-state index in [1.165, 1.54) is 40.2 Å². The molecule has 5 heterocycles. The number of fused-ring (bicyclic) bond motifs is 4. The van der Waals surface area contributed by atoms with Crippen LogP contribution in [0.25, 0.3) is 27.3 Å². The maximum Gasteiger partial charge on any atom is 0.348 e. The Bertz CT molecular complexity index is 1580. The zero-order chi connectivity index (χ0) is 24.3. The number of aromatic nitrogens is 6. The van der Waals surface area contributed by atoms with Crippen molar-refractivity contribution in [3.63, 3.8) is 0 Å². The number of halogens is 2. The first kappa shape index (κ1) is 21.6. The predicted octanol–water partition coefficient (Wildman–Crippen LogP) is 4.66. The van der Waals surface area contributed by atoms with Crippen LogP contribution in [0.1, 0.15) is 39.3 Å². The van der Waals surface area contributed by atoms with Crippen LogP contribution < -0.4 is 5.32 Å². The Morgan fingerprint density at radius 1 is 1.29 bits per heavy atom. The summed E-state index contributed by atoms with van der Waals surface area (Å²) in [4.78, 5) is 22.4. The lowest BCUT2D eigenvalue weighted by molar-refractivity contribution is 0.0605. The monoisotopic (exact) mass is 495 g/mol. The van der Waals surface area contributed by atoms with Gasteiger partial charge in [0.15, 0.2) is 11.5 Å². The van der Waals surface area contributed by atoms with E-state index in [4.69, 9.17) is 9.72 Å². The lowest BCUT2D eigenvalue weighted by atomic mass is 9.97. The zero-order valence-corrected chi connectivity index (χ0v) is 19.5. The number of rotatable bonds is 4. The summed E-state index contributed by atoms with van der Waals surface area (Å²) in [6.07, 6.45) is 0.634. The molecule has 1 aliphatic rings. The van der Waals surface area contributed by atoms with Crippen LogP contribution in [0.4, 0.5) is 14.6 Å². The van der Waals surface area contributed by atoms with Crippen LogP contribution in [-0.2, 0) is 4.74 Å². The van der Waals surface area contributed by atoms with Crippen molar-refractivity contribution in [3.8, 4) is 11.4 Å². The summed E-state index contributed by atoms with van der Waals surface area (Å²) < 4.78 is 35.8. The van der Waals surface area contributed by atoms with Gasteiger partial charge in [-0.1, -0.05) is 30.3 Å². The third-order valence-corrected chi connectivity index (χ3v) is 7.45. The Balaban J connectivity index is 1.48. The van der Waals surface area contributed by atoms with Crippen molar-refractivity contribution in [3.05, 3.63) is 58.9 Å². The van der Waals surface area contributed by atoms with Gasteiger partial charge in [0.25, 0.3) is 6.43 Å². The number of aryl methyl sites for hydroxylation is 1. The average Bonchev–Trinajstić information content (AvgIpc) is 3.57. The number of hydrogen-bond donors (Lipinski definition) is 1. The standard InChI is InChI=1S/C23H19F2N7O2S/c1-11-16-21-29-19(30-31(21)10-26-22(16)35-17(11)23(33)34-2)13-9-27-32-15(18(24)25)8-14(28-20(13)32)12-6-4-3-5-7-12/h3-7,9-10,14-15,18,28H,8H2,1-2H3/t14-,15+/m0/s1. The molecule has 0 spiro atoms. The lowest BCUT2D eigenvalue weighted by Crippen LogP contribution is -2.31. The van der Waals surface area contributed by atoms with Crippen molar-refractivity contribution in [2.24, 2.45) is 0 Å². The van der Waals surface area contributed by atoms with Crippen molar-refractivity contribution in [2.75, 3.05) is 12.4 Å². The lowest BCUT2D eigenvalue weighted by Gasteiger charge is -2.32. The minimum atomic E-state index is -2.59. The molecule has 9 nitrogen and oxygen atoms in total. The number of benzene rings is 1. The van der Waals surface area contributed by atoms with E-state index in [0.29, 0.717) is 43.5 Å². The van der Waals surface area contributed by atoms with E-state index in [1.807, 2.05) is 37.3 Å². The number of carbonyl (C=O) groups is 1. The van der Waals surface area contributed by atoms with Gasteiger partial charge in [-0.25, -0.2) is 32.7 Å². The molecule has 1 aromatic carbocycles. The minimum absolute atomic E-state index is 0.198. The van der Waals surface area contributed by atoms with Crippen molar-refractivity contribution >= 4 is 39.0 Å². The number of alkyl halides is 2. The third-order valence-electron chi connectivity index (χ3n) is 6.27. The molecule has 4 aromatic heterocycles. The second-order valence-electron chi connectivity index (χ2n) is 8.27. The zero-order valence-electron chi connectivity index (χ0n) is 18.6. The first-order chi connectivity index (χ1) is 17.0. The molecule has 0 radical (unpaired) electrons. The molecule has 1 aliphatic heterocycles. The van der Waals surface area contributed by atoms with Crippen LogP contribution in [0.2, 0.25) is 0 Å². The largest absolute Gasteiger partial charge is 0.465 e. The summed E-state index contributed by atoms with van der Waals surface area (Å²) in [5.74, 6) is 0.316. The number of ether oxygens (including phenoxy) is 1. The Kier molecular flexibility index (Phi) is 4.99. The minimum Gasteiger partial charge on any atom is -0.465 e. The molecule has 0 saturated heterocycles. The number of thiophene rings is 1. The van der Waals surface area contributed by atoms with Crippen LogP contribution in [-0.4, -0.2) is 48.9 Å². The van der Waals surface area contributed by atoms with E-state index in [9.17, 15) is 13.6 Å². The molecular weight excluding hydrogens is 476 g/mol. The summed E-state index contributed by atoms with van der Waals surface area (Å²) in [6, 6.07) is 8.08. The van der Waals surface area contributed by atoms with Gasteiger partial charge in [0.1, 0.15) is 27.9 Å². The molecule has 0 saturated carbocycles. The summed E-state index contributed by atoms with van der Waals surface area (Å²) >= 11 is 1.22. The molecule has 0 unspecified atom stereocenters. The summed E-state index contributed by atoms with van der Waals surface area (Å²) in [5.41, 5.74) is 2.63. The smallest absolute Gasteiger partial charge is 0.348 e. The number of methoxy groups -OCH3 is 1. The van der Waals surface area contributed by atoms with Crippen LogP contribution in [0.15, 0.2) is 42.9 Å². The molecule has 6 rings (SSSR count). The Labute approximate surface area is 201 Å². The van der Waals surface area contributed by atoms with Gasteiger partial charge in [-0.15, -0.1) is 16.4 Å². The molecule has 0 amide bonds. The number of esters is 1. The SMILES string of the molecule is COC(=O)c1sc2ncn3nc(-c4cnn5c4N[C@H](c4ccccc4)C[C@@H]5C(F)F)nc3c2c1C. The molecule has 178 valence electrons. The maximum absolute atomic E-state index is 14.0. The highest BCUT2D eigenvalue weighted by molar-refractivity contribution is 7.20. The van der Waals surface area contributed by atoms with Gasteiger partial charge in [-0.05, 0) is 24.5 Å². The van der Waals surface area contributed by atoms with E-state index >= 15 is 0 Å². The summed E-state index contributed by atoms with van der Waals surface area (Å²) in [6.45, 7) is 1.81. The fourth-order valence-corrected chi connectivity index (χ4v) is 5.60. The Morgan fingerprint density at radius 2 is 2.09 bits per heavy atom. The van der Waals surface area contributed by atoms with E-state index in [-0.39, 0.29) is 12.5 Å². The van der Waals surface area contributed by atoms with E-state index < -0.39 is 18.4 Å². The summed E-state index contributed by atoms with van der Waals surface area (Å²) in [7, 11) is 1.33. The maximum atomic E-state index is 14.0. The van der Waals surface area contributed by atoms with Gasteiger partial charge in [-0.3, -0.25) is 0 Å². The molecule has 12 heteroatoms. The van der Waals surface area contributed by atoms with Crippen molar-refractivity contribution in [1.82, 2.24) is 29.4 Å². The van der Waals surface area contributed by atoms with Crippen LogP contribution in [0.5, 0.6) is 0 Å². The molecule has 1 N–H and O–H groups in total. The molecule has 2 atom stereocenters.